The van der Waals surface area contributed by atoms with Crippen molar-refractivity contribution in [3.63, 3.8) is 0 Å². The van der Waals surface area contributed by atoms with Gasteiger partial charge in [0.15, 0.2) is 6.04 Å². The van der Waals surface area contributed by atoms with Crippen LogP contribution >= 0.6 is 11.3 Å². The van der Waals surface area contributed by atoms with E-state index >= 15 is 0 Å². The van der Waals surface area contributed by atoms with E-state index in [0.717, 1.165) is 11.3 Å². The molecule has 1 aromatic carbocycles. The number of carbonyl (C=O) groups is 3. The molecule has 0 saturated carbocycles. The fraction of sp³-hybridized carbons (Fsp3) is 0.0769. The number of carbonyl (C=O) groups excluding carboxylic acids is 3. The number of aromatic nitrogens is 1. The molecule has 0 aliphatic carbocycles. The minimum absolute atomic E-state index is 0.0887. The number of primary amides is 2. The molecule has 0 unspecified atom stereocenters. The molecule has 0 fully saturated rings. The van der Waals surface area contributed by atoms with Crippen molar-refractivity contribution in [2.75, 3.05) is 0 Å². The molecule has 3 amide bonds. The number of amides is 3. The van der Waals surface area contributed by atoms with E-state index in [0.29, 0.717) is 0 Å². The summed E-state index contributed by atoms with van der Waals surface area (Å²) < 4.78 is 13.7. The zero-order valence-corrected chi connectivity index (χ0v) is 11.9. The van der Waals surface area contributed by atoms with Gasteiger partial charge in [0.2, 0.25) is 11.8 Å². The predicted octanol–water partition coefficient (Wildman–Crippen LogP) is 0.0182. The highest BCUT2D eigenvalue weighted by Crippen LogP contribution is 2.27. The monoisotopic (exact) mass is 322 g/mol. The molecule has 9 heteroatoms. The van der Waals surface area contributed by atoms with Crippen molar-refractivity contribution in [3.8, 4) is 10.6 Å². The van der Waals surface area contributed by atoms with E-state index in [2.05, 4.69) is 10.3 Å². The van der Waals surface area contributed by atoms with Gasteiger partial charge in [-0.25, -0.2) is 9.37 Å². The Morgan fingerprint density at radius 1 is 1.18 bits per heavy atom. The number of nitrogens with zero attached hydrogens (tertiary/aromatic N) is 1. The minimum atomic E-state index is -1.62. The van der Waals surface area contributed by atoms with Crippen LogP contribution in [0.1, 0.15) is 9.67 Å². The molecule has 0 saturated heterocycles. The van der Waals surface area contributed by atoms with Gasteiger partial charge in [-0.05, 0) is 12.1 Å². The van der Waals surface area contributed by atoms with Crippen molar-refractivity contribution < 1.29 is 18.8 Å². The lowest BCUT2D eigenvalue weighted by atomic mass is 10.2. The molecule has 1 aromatic heterocycles. The summed E-state index contributed by atoms with van der Waals surface area (Å²) in [5.74, 6) is -3.36. The van der Waals surface area contributed by atoms with E-state index < -0.39 is 29.6 Å². The minimum Gasteiger partial charge on any atom is -0.367 e. The Hall–Kier alpha value is -2.81. The largest absolute Gasteiger partial charge is 0.367 e. The van der Waals surface area contributed by atoms with Crippen molar-refractivity contribution in [2.24, 2.45) is 11.5 Å². The molecule has 0 aliphatic rings. The molecule has 2 rings (SSSR count). The summed E-state index contributed by atoms with van der Waals surface area (Å²) in [7, 11) is 0. The summed E-state index contributed by atoms with van der Waals surface area (Å²) in [4.78, 5) is 38.0. The first kappa shape index (κ1) is 15.6. The average Bonchev–Trinajstić information content (AvgIpc) is 2.94. The number of nitrogens with two attached hydrogens (primary N) is 2. The lowest BCUT2D eigenvalue weighted by Gasteiger charge is -2.10. The molecule has 0 atom stereocenters. The predicted molar refractivity (Wildman–Crippen MR) is 77.2 cm³/mol. The van der Waals surface area contributed by atoms with Gasteiger partial charge in [-0.15, -0.1) is 11.3 Å². The Kier molecular flexibility index (Phi) is 4.47. The number of hydrogen-bond donors (Lipinski definition) is 3. The molecule has 22 heavy (non-hydrogen) atoms. The Balaban J connectivity index is 2.21. The fourth-order valence-corrected chi connectivity index (χ4v) is 2.47. The first-order valence-corrected chi connectivity index (χ1v) is 6.82. The van der Waals surface area contributed by atoms with Gasteiger partial charge in [0.1, 0.15) is 15.7 Å². The molecule has 1 heterocycles. The third kappa shape index (κ3) is 3.26. The zero-order valence-electron chi connectivity index (χ0n) is 11.1. The van der Waals surface area contributed by atoms with Gasteiger partial charge in [-0.3, -0.25) is 14.4 Å². The molecule has 114 valence electrons. The topological polar surface area (TPSA) is 128 Å². The van der Waals surface area contributed by atoms with Crippen molar-refractivity contribution >= 4 is 29.1 Å². The van der Waals surface area contributed by atoms with Crippen LogP contribution < -0.4 is 16.8 Å². The Bertz CT molecular complexity index is 732. The summed E-state index contributed by atoms with van der Waals surface area (Å²) in [6, 6.07) is 4.34. The van der Waals surface area contributed by atoms with Crippen LogP contribution in [-0.2, 0) is 9.59 Å². The fourth-order valence-electron chi connectivity index (χ4n) is 1.62. The molecule has 0 aliphatic heterocycles. The van der Waals surface area contributed by atoms with Crippen LogP contribution in [0.15, 0.2) is 30.5 Å². The van der Waals surface area contributed by atoms with Crippen molar-refractivity contribution in [2.45, 2.75) is 6.04 Å². The van der Waals surface area contributed by atoms with Crippen LogP contribution in [0.5, 0.6) is 0 Å². The maximum absolute atomic E-state index is 13.7. The molecular weight excluding hydrogens is 311 g/mol. The quantitative estimate of drug-likeness (QED) is 0.670. The highest BCUT2D eigenvalue weighted by atomic mass is 32.1. The van der Waals surface area contributed by atoms with Gasteiger partial charge in [0.25, 0.3) is 5.91 Å². The number of thiazole rings is 1. The Morgan fingerprint density at radius 2 is 1.82 bits per heavy atom. The molecule has 0 radical (unpaired) electrons. The number of nitrogens with one attached hydrogen (secondary N) is 1. The van der Waals surface area contributed by atoms with Crippen LogP contribution in [0.4, 0.5) is 4.39 Å². The summed E-state index contributed by atoms with van der Waals surface area (Å²) >= 11 is 0.906. The first-order valence-electron chi connectivity index (χ1n) is 6.00. The van der Waals surface area contributed by atoms with Crippen LogP contribution in [0.25, 0.3) is 10.6 Å². The van der Waals surface area contributed by atoms with Crippen LogP contribution in [0.2, 0.25) is 0 Å². The maximum atomic E-state index is 13.7. The van der Waals surface area contributed by atoms with Gasteiger partial charge >= 0.3 is 0 Å². The van der Waals surface area contributed by atoms with Crippen molar-refractivity contribution in [3.05, 3.63) is 41.2 Å². The van der Waals surface area contributed by atoms with Gasteiger partial charge in [0, 0.05) is 5.56 Å². The maximum Gasteiger partial charge on any atom is 0.264 e. The van der Waals surface area contributed by atoms with E-state index in [4.69, 9.17) is 11.5 Å². The van der Waals surface area contributed by atoms with Crippen molar-refractivity contribution in [1.82, 2.24) is 10.3 Å². The third-order valence-corrected chi connectivity index (χ3v) is 3.71. The van der Waals surface area contributed by atoms with E-state index in [1.165, 1.54) is 24.4 Å². The smallest absolute Gasteiger partial charge is 0.264 e. The zero-order chi connectivity index (χ0) is 16.3. The molecular formula is C13H11FN4O3S. The first-order chi connectivity index (χ1) is 10.4. The van der Waals surface area contributed by atoms with Gasteiger partial charge in [-0.1, -0.05) is 12.1 Å². The van der Waals surface area contributed by atoms with E-state index in [9.17, 15) is 18.8 Å². The summed E-state index contributed by atoms with van der Waals surface area (Å²) in [5, 5.41) is 2.39. The number of benzene rings is 1. The Labute approximate surface area is 128 Å². The van der Waals surface area contributed by atoms with Gasteiger partial charge in [0.05, 0.1) is 6.20 Å². The second kappa shape index (κ2) is 6.31. The number of hydrogen-bond acceptors (Lipinski definition) is 5. The standard InChI is InChI=1S/C13H11FN4O3S/c14-7-4-2-1-3-6(7)13-17-5-8(22-13)12(21)18-9(10(15)19)11(16)20/h1-5,9H,(H2,15,19)(H2,16,20)(H,18,21). The molecule has 5 N–H and O–H groups in total. The summed E-state index contributed by atoms with van der Waals surface area (Å²) in [5.41, 5.74) is 10.2. The lowest BCUT2D eigenvalue weighted by Crippen LogP contribution is -2.52. The highest BCUT2D eigenvalue weighted by molar-refractivity contribution is 7.16. The molecule has 2 aromatic rings. The molecule has 0 spiro atoms. The van der Waals surface area contributed by atoms with Crippen molar-refractivity contribution in [1.29, 1.82) is 0 Å². The SMILES string of the molecule is NC(=O)C(NC(=O)c1cnc(-c2ccccc2F)s1)C(N)=O. The highest BCUT2D eigenvalue weighted by Gasteiger charge is 2.25. The van der Waals surface area contributed by atoms with Crippen LogP contribution in [0.3, 0.4) is 0 Å². The molecule has 0 bridgehead atoms. The van der Waals surface area contributed by atoms with Gasteiger partial charge < -0.3 is 16.8 Å². The number of halogens is 1. The van der Waals surface area contributed by atoms with Crippen LogP contribution in [0, 0.1) is 5.82 Å². The Morgan fingerprint density at radius 3 is 2.41 bits per heavy atom. The second-order valence-corrected chi connectivity index (χ2v) is 5.25. The lowest BCUT2D eigenvalue weighted by molar-refractivity contribution is -0.128. The van der Waals surface area contributed by atoms with E-state index in [1.54, 1.807) is 6.07 Å². The number of rotatable bonds is 5. The normalized spacial score (nSPS) is 10.5. The van der Waals surface area contributed by atoms with E-state index in [1.807, 2.05) is 0 Å². The van der Waals surface area contributed by atoms with Crippen LogP contribution in [-0.4, -0.2) is 28.7 Å². The van der Waals surface area contributed by atoms with Gasteiger partial charge in [-0.2, -0.15) is 0 Å². The summed E-state index contributed by atoms with van der Waals surface area (Å²) in [6.07, 6.45) is 1.21. The average molecular weight is 322 g/mol. The summed E-state index contributed by atoms with van der Waals surface area (Å²) in [6.45, 7) is 0. The third-order valence-electron chi connectivity index (χ3n) is 2.68. The second-order valence-electron chi connectivity index (χ2n) is 4.22. The molecule has 7 nitrogen and oxygen atoms in total. The van der Waals surface area contributed by atoms with E-state index in [-0.39, 0.29) is 15.4 Å².